The fraction of sp³-hybridized carbons (Fsp3) is 0.118. The van der Waals surface area contributed by atoms with Gasteiger partial charge >= 0.3 is 5.97 Å². The summed E-state index contributed by atoms with van der Waals surface area (Å²) in [6.07, 6.45) is 0. The molecule has 0 N–H and O–H groups in total. The van der Waals surface area contributed by atoms with Gasteiger partial charge in [-0.15, -0.1) is 0 Å². The molecule has 0 bridgehead atoms. The van der Waals surface area contributed by atoms with Crippen LogP contribution in [0, 0.1) is 10.1 Å². The quantitative estimate of drug-likeness (QED) is 0.261. The molecule has 0 radical (unpaired) electrons. The second-order valence-corrected chi connectivity index (χ2v) is 5.64. The highest BCUT2D eigenvalue weighted by Crippen LogP contribution is 2.35. The average Bonchev–Trinajstić information content (AvgIpc) is 3.20. The predicted molar refractivity (Wildman–Crippen MR) is 86.7 cm³/mol. The third-order valence-corrected chi connectivity index (χ3v) is 4.04. The van der Waals surface area contributed by atoms with E-state index in [0.717, 1.165) is 6.07 Å². The summed E-state index contributed by atoms with van der Waals surface area (Å²) < 4.78 is 15.4. The lowest BCUT2D eigenvalue weighted by atomic mass is 10.1. The fourth-order valence-electron chi connectivity index (χ4n) is 2.84. The third kappa shape index (κ3) is 2.72. The van der Waals surface area contributed by atoms with Gasteiger partial charge < -0.3 is 14.2 Å². The van der Waals surface area contributed by atoms with Gasteiger partial charge in [0.15, 0.2) is 11.5 Å². The van der Waals surface area contributed by atoms with Crippen LogP contribution < -0.4 is 14.2 Å². The van der Waals surface area contributed by atoms with E-state index in [1.54, 1.807) is 6.07 Å². The second kappa shape index (κ2) is 6.09. The fourth-order valence-corrected chi connectivity index (χ4v) is 2.84. The number of hydrogen-bond acceptors (Lipinski definition) is 8. The maximum atomic E-state index is 12.4. The molecule has 2 aliphatic rings. The Balaban J connectivity index is 1.52. The van der Waals surface area contributed by atoms with Gasteiger partial charge in [-0.25, -0.2) is 4.79 Å². The average molecular weight is 370 g/mol. The van der Waals surface area contributed by atoms with Gasteiger partial charge in [0.25, 0.3) is 17.5 Å². The molecule has 0 atom stereocenters. The van der Waals surface area contributed by atoms with Gasteiger partial charge in [0, 0.05) is 12.1 Å². The molecular weight excluding hydrogens is 360 g/mol. The van der Waals surface area contributed by atoms with E-state index < -0.39 is 34.9 Å². The number of amides is 2. The second-order valence-electron chi connectivity index (χ2n) is 5.64. The molecule has 0 aromatic heterocycles. The van der Waals surface area contributed by atoms with Crippen LogP contribution in [-0.4, -0.2) is 40.9 Å². The van der Waals surface area contributed by atoms with E-state index in [4.69, 9.17) is 14.2 Å². The molecule has 2 amide bonds. The summed E-state index contributed by atoms with van der Waals surface area (Å²) in [5.41, 5.74) is -0.939. The Morgan fingerprint density at radius 1 is 1.15 bits per heavy atom. The van der Waals surface area contributed by atoms with Crippen LogP contribution in [0.2, 0.25) is 0 Å². The van der Waals surface area contributed by atoms with Crippen molar-refractivity contribution in [1.82, 2.24) is 4.90 Å². The first-order chi connectivity index (χ1) is 13.0. The monoisotopic (exact) mass is 370 g/mol. The van der Waals surface area contributed by atoms with Crippen molar-refractivity contribution in [3.63, 3.8) is 0 Å². The number of fused-ring (bicyclic) bond motifs is 2. The van der Waals surface area contributed by atoms with Crippen LogP contribution in [-0.2, 0) is 4.79 Å². The van der Waals surface area contributed by atoms with Crippen molar-refractivity contribution in [3.8, 4) is 17.2 Å². The number of imide groups is 1. The largest absolute Gasteiger partial charge is 0.454 e. The lowest BCUT2D eigenvalue weighted by Crippen LogP contribution is -2.36. The van der Waals surface area contributed by atoms with Crippen molar-refractivity contribution in [2.75, 3.05) is 13.3 Å². The van der Waals surface area contributed by atoms with E-state index in [-0.39, 0.29) is 23.7 Å². The molecule has 0 aliphatic carbocycles. The number of nitro groups is 1. The van der Waals surface area contributed by atoms with Crippen LogP contribution in [0.3, 0.4) is 0 Å². The van der Waals surface area contributed by atoms with Gasteiger partial charge in [-0.1, -0.05) is 6.07 Å². The van der Waals surface area contributed by atoms with E-state index in [1.807, 2.05) is 0 Å². The molecule has 136 valence electrons. The van der Waals surface area contributed by atoms with Gasteiger partial charge in [0.1, 0.15) is 17.9 Å². The van der Waals surface area contributed by atoms with Crippen LogP contribution in [0.4, 0.5) is 5.69 Å². The topological polar surface area (TPSA) is 125 Å². The molecule has 0 unspecified atom stereocenters. The van der Waals surface area contributed by atoms with Gasteiger partial charge in [0.2, 0.25) is 6.79 Å². The van der Waals surface area contributed by atoms with Gasteiger partial charge in [-0.05, 0) is 18.2 Å². The third-order valence-electron chi connectivity index (χ3n) is 4.04. The van der Waals surface area contributed by atoms with Crippen molar-refractivity contribution >= 4 is 23.5 Å². The number of rotatable bonds is 4. The molecule has 0 saturated heterocycles. The molecule has 2 heterocycles. The Bertz CT molecular complexity index is 1020. The molecule has 10 nitrogen and oxygen atoms in total. The molecule has 27 heavy (non-hydrogen) atoms. The van der Waals surface area contributed by atoms with E-state index in [0.29, 0.717) is 16.4 Å². The highest BCUT2D eigenvalue weighted by molar-refractivity contribution is 6.24. The smallest absolute Gasteiger partial charge is 0.331 e. The number of nitrogens with zero attached hydrogens (tertiary/aromatic N) is 2. The Hall–Kier alpha value is -3.95. The number of esters is 1. The molecule has 2 aromatic carbocycles. The minimum Gasteiger partial charge on any atom is -0.454 e. The van der Waals surface area contributed by atoms with Crippen LogP contribution in [0.5, 0.6) is 17.2 Å². The summed E-state index contributed by atoms with van der Waals surface area (Å²) in [6, 6.07) is 8.18. The zero-order valence-electron chi connectivity index (χ0n) is 13.5. The van der Waals surface area contributed by atoms with E-state index in [1.165, 1.54) is 24.3 Å². The van der Waals surface area contributed by atoms with E-state index in [9.17, 15) is 24.5 Å². The van der Waals surface area contributed by atoms with Crippen LogP contribution in [0.1, 0.15) is 20.7 Å². The van der Waals surface area contributed by atoms with Gasteiger partial charge in [-0.2, -0.15) is 0 Å². The molecule has 2 aromatic rings. The van der Waals surface area contributed by atoms with E-state index in [2.05, 4.69) is 0 Å². The highest BCUT2D eigenvalue weighted by atomic mass is 16.7. The molecule has 4 rings (SSSR count). The Morgan fingerprint density at radius 2 is 1.93 bits per heavy atom. The van der Waals surface area contributed by atoms with Crippen molar-refractivity contribution in [3.05, 3.63) is 57.6 Å². The normalized spacial score (nSPS) is 14.3. The minimum absolute atomic E-state index is 0.0561. The summed E-state index contributed by atoms with van der Waals surface area (Å²) in [5, 5.41) is 11.1. The Kier molecular flexibility index (Phi) is 3.73. The first kappa shape index (κ1) is 16.5. The zero-order valence-corrected chi connectivity index (χ0v) is 13.5. The molecule has 0 spiro atoms. The maximum absolute atomic E-state index is 12.4. The molecule has 0 saturated carbocycles. The van der Waals surface area contributed by atoms with Crippen LogP contribution >= 0.6 is 0 Å². The first-order valence-electron chi connectivity index (χ1n) is 7.69. The predicted octanol–water partition coefficient (Wildman–Crippen LogP) is 1.53. The lowest BCUT2D eigenvalue weighted by Gasteiger charge is -2.13. The maximum Gasteiger partial charge on any atom is 0.331 e. The molecule has 10 heteroatoms. The Morgan fingerprint density at radius 3 is 2.70 bits per heavy atom. The Labute approximate surface area is 151 Å². The molecule has 2 aliphatic heterocycles. The summed E-state index contributed by atoms with van der Waals surface area (Å²) >= 11 is 0. The number of hydrogen-bond donors (Lipinski definition) is 0. The summed E-state index contributed by atoms with van der Waals surface area (Å²) in [5.74, 6) is -1.54. The highest BCUT2D eigenvalue weighted by Gasteiger charge is 2.42. The zero-order chi connectivity index (χ0) is 19.1. The van der Waals surface area contributed by atoms with Gasteiger partial charge in [0.05, 0.1) is 10.5 Å². The van der Waals surface area contributed by atoms with Gasteiger partial charge in [-0.3, -0.25) is 24.6 Å². The van der Waals surface area contributed by atoms with Crippen molar-refractivity contribution in [2.45, 2.75) is 0 Å². The number of ether oxygens (including phenoxy) is 3. The van der Waals surface area contributed by atoms with Crippen molar-refractivity contribution < 1.29 is 33.5 Å². The molecule has 0 fully saturated rings. The van der Waals surface area contributed by atoms with Crippen molar-refractivity contribution in [1.29, 1.82) is 0 Å². The number of nitro benzene ring substituents is 1. The van der Waals surface area contributed by atoms with Crippen LogP contribution in [0.25, 0.3) is 0 Å². The standard InChI is InChI=1S/C17H10N2O8/c20-14(27-9-4-5-12-13(6-9)26-8-25-12)7-18-16(21)10-2-1-3-11(19(23)24)15(10)17(18)22/h1-6H,7-8H2. The first-order valence-corrected chi connectivity index (χ1v) is 7.69. The number of carbonyl (C=O) groups is 3. The minimum atomic E-state index is -0.912. The summed E-state index contributed by atoms with van der Waals surface area (Å²) in [7, 11) is 0. The van der Waals surface area contributed by atoms with E-state index >= 15 is 0 Å². The van der Waals surface area contributed by atoms with Crippen molar-refractivity contribution in [2.24, 2.45) is 0 Å². The molecular formula is C17H10N2O8. The van der Waals surface area contributed by atoms with Crippen LogP contribution in [0.15, 0.2) is 36.4 Å². The summed E-state index contributed by atoms with van der Waals surface area (Å²) in [6.45, 7) is -0.626. The lowest BCUT2D eigenvalue weighted by molar-refractivity contribution is -0.385. The number of benzene rings is 2. The summed E-state index contributed by atoms with van der Waals surface area (Å²) in [4.78, 5) is 47.9. The number of carbonyl (C=O) groups excluding carboxylic acids is 3. The SMILES string of the molecule is O=C(CN1C(=O)c2cccc([N+](=O)[O-])c2C1=O)Oc1ccc2c(c1)OCO2.